The summed E-state index contributed by atoms with van der Waals surface area (Å²) in [7, 11) is 0. The van der Waals surface area contributed by atoms with Crippen molar-refractivity contribution in [3.63, 3.8) is 0 Å². The minimum absolute atomic E-state index is 0.137. The van der Waals surface area contributed by atoms with Crippen molar-refractivity contribution in [3.05, 3.63) is 41.7 Å². The molecule has 0 radical (unpaired) electrons. The van der Waals surface area contributed by atoms with E-state index < -0.39 is 0 Å². The van der Waals surface area contributed by atoms with Gasteiger partial charge in [-0.15, -0.1) is 0 Å². The molecule has 2 aromatic rings. The highest BCUT2D eigenvalue weighted by Crippen LogP contribution is 2.16. The van der Waals surface area contributed by atoms with Crippen LogP contribution in [0.1, 0.15) is 11.4 Å². The zero-order valence-electron chi connectivity index (χ0n) is 9.34. The van der Waals surface area contributed by atoms with Gasteiger partial charge in [0.2, 0.25) is 0 Å². The monoisotopic (exact) mass is 244 g/mol. The summed E-state index contributed by atoms with van der Waals surface area (Å²) in [6.07, 6.45) is 1.62. The fraction of sp³-hybridized carbons (Fsp3) is 0.0833. The topological polar surface area (TPSA) is 63.3 Å². The first-order valence-electron chi connectivity index (χ1n) is 5.12. The van der Waals surface area contributed by atoms with Crippen molar-refractivity contribution in [1.29, 1.82) is 0 Å². The van der Waals surface area contributed by atoms with Crippen molar-refractivity contribution < 1.29 is 0 Å². The third kappa shape index (κ3) is 2.76. The molecule has 1 aromatic heterocycles. The first-order valence-corrected chi connectivity index (χ1v) is 5.52. The second-order valence-corrected chi connectivity index (χ2v) is 4.04. The van der Waals surface area contributed by atoms with Gasteiger partial charge in [0.05, 0.1) is 11.9 Å². The normalized spacial score (nSPS) is 10.9. The molecule has 0 aliphatic rings. The minimum Gasteiger partial charge on any atom is -0.375 e. The van der Waals surface area contributed by atoms with Crippen molar-refractivity contribution in [2.75, 3.05) is 0 Å². The Morgan fingerprint density at radius 1 is 1.47 bits per heavy atom. The van der Waals surface area contributed by atoms with Gasteiger partial charge in [-0.05, 0) is 30.6 Å². The number of hydrazone groups is 1. The molecule has 0 saturated heterocycles. The summed E-state index contributed by atoms with van der Waals surface area (Å²) in [5.41, 5.74) is 9.54. The van der Waals surface area contributed by atoms with E-state index in [-0.39, 0.29) is 5.11 Å². The fourth-order valence-corrected chi connectivity index (χ4v) is 1.67. The first-order chi connectivity index (χ1) is 8.16. The molecule has 3 N–H and O–H groups in total. The molecule has 0 saturated carbocycles. The van der Waals surface area contributed by atoms with E-state index in [0.717, 1.165) is 22.2 Å². The first kappa shape index (κ1) is 11.5. The smallest absolute Gasteiger partial charge is 0.184 e. The second-order valence-electron chi connectivity index (χ2n) is 3.60. The van der Waals surface area contributed by atoms with Crippen LogP contribution in [0.15, 0.2) is 35.4 Å². The van der Waals surface area contributed by atoms with Crippen LogP contribution in [0.25, 0.3) is 10.8 Å². The van der Waals surface area contributed by atoms with Crippen molar-refractivity contribution >= 4 is 34.3 Å². The van der Waals surface area contributed by atoms with Gasteiger partial charge in [-0.3, -0.25) is 10.4 Å². The lowest BCUT2D eigenvalue weighted by atomic mass is 10.1. The van der Waals surface area contributed by atoms with Crippen molar-refractivity contribution in [2.45, 2.75) is 6.92 Å². The van der Waals surface area contributed by atoms with Crippen LogP contribution in [-0.4, -0.2) is 16.3 Å². The molecule has 0 amide bonds. The van der Waals surface area contributed by atoms with E-state index >= 15 is 0 Å². The molecular weight excluding hydrogens is 232 g/mol. The number of nitrogens with two attached hydrogens (primary N) is 1. The third-order valence-corrected chi connectivity index (χ3v) is 2.35. The summed E-state index contributed by atoms with van der Waals surface area (Å²) in [5.74, 6) is 0. The molecule has 0 aliphatic carbocycles. The van der Waals surface area contributed by atoms with Crippen molar-refractivity contribution in [2.24, 2.45) is 10.8 Å². The van der Waals surface area contributed by atoms with Gasteiger partial charge in [0.15, 0.2) is 5.11 Å². The molecule has 1 aromatic carbocycles. The standard InChI is InChI=1S/C12H12N4S/c1-8-6-9-4-2-3-5-10(9)11(15-8)7-14-16-12(13)17/h2-7H,1H3,(H3,13,16,17). The number of pyridine rings is 1. The Kier molecular flexibility index (Phi) is 3.30. The number of fused-ring (bicyclic) bond motifs is 1. The molecule has 1 heterocycles. The number of aromatic nitrogens is 1. The summed E-state index contributed by atoms with van der Waals surface area (Å²) in [6, 6.07) is 10.0. The Morgan fingerprint density at radius 2 is 2.24 bits per heavy atom. The number of hydrogen-bond donors (Lipinski definition) is 2. The van der Waals surface area contributed by atoms with Crippen molar-refractivity contribution in [1.82, 2.24) is 10.4 Å². The summed E-state index contributed by atoms with van der Waals surface area (Å²) in [4.78, 5) is 4.42. The molecular formula is C12H12N4S. The van der Waals surface area contributed by atoms with E-state index in [4.69, 9.17) is 5.73 Å². The number of benzene rings is 1. The molecule has 17 heavy (non-hydrogen) atoms. The van der Waals surface area contributed by atoms with E-state index in [2.05, 4.69) is 27.7 Å². The van der Waals surface area contributed by atoms with Gasteiger partial charge in [0, 0.05) is 11.1 Å². The van der Waals surface area contributed by atoms with Gasteiger partial charge in [0.1, 0.15) is 0 Å². The van der Waals surface area contributed by atoms with Crippen LogP contribution in [0.2, 0.25) is 0 Å². The number of nitrogens with one attached hydrogen (secondary N) is 1. The minimum atomic E-state index is 0.137. The van der Waals surface area contributed by atoms with Crippen LogP contribution in [0.4, 0.5) is 0 Å². The van der Waals surface area contributed by atoms with Gasteiger partial charge >= 0.3 is 0 Å². The predicted octanol–water partition coefficient (Wildman–Crippen LogP) is 1.71. The number of thiocarbonyl (C=S) groups is 1. The number of aryl methyl sites for hydroxylation is 1. The summed E-state index contributed by atoms with van der Waals surface area (Å²) in [5, 5.41) is 6.25. The van der Waals surface area contributed by atoms with E-state index in [1.807, 2.05) is 37.3 Å². The lowest BCUT2D eigenvalue weighted by Gasteiger charge is -2.03. The second kappa shape index (κ2) is 4.88. The lowest BCUT2D eigenvalue weighted by molar-refractivity contribution is 1.04. The summed E-state index contributed by atoms with van der Waals surface area (Å²) in [6.45, 7) is 1.95. The van der Waals surface area contributed by atoms with Crippen molar-refractivity contribution in [3.8, 4) is 0 Å². The molecule has 2 rings (SSSR count). The molecule has 5 heteroatoms. The zero-order valence-corrected chi connectivity index (χ0v) is 10.2. The van der Waals surface area contributed by atoms with Gasteiger partial charge in [-0.2, -0.15) is 5.10 Å². The van der Waals surface area contributed by atoms with Crippen LogP contribution < -0.4 is 11.2 Å². The third-order valence-electron chi connectivity index (χ3n) is 2.26. The zero-order chi connectivity index (χ0) is 12.3. The molecule has 4 nitrogen and oxygen atoms in total. The van der Waals surface area contributed by atoms with Crippen LogP contribution in [0.3, 0.4) is 0 Å². The van der Waals surface area contributed by atoms with E-state index in [0.29, 0.717) is 0 Å². The fourth-order valence-electron chi connectivity index (χ4n) is 1.62. The highest BCUT2D eigenvalue weighted by Gasteiger charge is 2.01. The SMILES string of the molecule is Cc1cc2ccccc2c(C=NNC(N)=S)n1. The van der Waals surface area contributed by atoms with Gasteiger partial charge in [0.25, 0.3) is 0 Å². The Labute approximate surface area is 105 Å². The quantitative estimate of drug-likeness (QED) is 0.479. The van der Waals surface area contributed by atoms with Crippen LogP contribution in [0.5, 0.6) is 0 Å². The van der Waals surface area contributed by atoms with Gasteiger partial charge < -0.3 is 5.73 Å². The Balaban J connectivity index is 2.45. The lowest BCUT2D eigenvalue weighted by Crippen LogP contribution is -2.24. The average Bonchev–Trinajstić information content (AvgIpc) is 2.28. The molecule has 0 bridgehead atoms. The Morgan fingerprint density at radius 3 is 3.00 bits per heavy atom. The van der Waals surface area contributed by atoms with E-state index in [1.165, 1.54) is 0 Å². The molecule has 0 unspecified atom stereocenters. The van der Waals surface area contributed by atoms with Crippen LogP contribution in [0, 0.1) is 6.92 Å². The summed E-state index contributed by atoms with van der Waals surface area (Å²) >= 11 is 4.67. The highest BCUT2D eigenvalue weighted by molar-refractivity contribution is 7.80. The summed E-state index contributed by atoms with van der Waals surface area (Å²) < 4.78 is 0. The average molecular weight is 244 g/mol. The molecule has 86 valence electrons. The van der Waals surface area contributed by atoms with Gasteiger partial charge in [-0.25, -0.2) is 0 Å². The molecule has 0 atom stereocenters. The Bertz CT molecular complexity index is 592. The number of nitrogens with zero attached hydrogens (tertiary/aromatic N) is 2. The highest BCUT2D eigenvalue weighted by atomic mass is 32.1. The number of hydrogen-bond acceptors (Lipinski definition) is 3. The van der Waals surface area contributed by atoms with E-state index in [9.17, 15) is 0 Å². The maximum absolute atomic E-state index is 5.29. The number of rotatable bonds is 2. The predicted molar refractivity (Wildman–Crippen MR) is 74.0 cm³/mol. The Hall–Kier alpha value is -2.01. The molecule has 0 spiro atoms. The largest absolute Gasteiger partial charge is 0.375 e. The maximum atomic E-state index is 5.29. The van der Waals surface area contributed by atoms with Crippen LogP contribution >= 0.6 is 12.2 Å². The molecule has 0 fully saturated rings. The molecule has 0 aliphatic heterocycles. The van der Waals surface area contributed by atoms with Gasteiger partial charge in [-0.1, -0.05) is 24.3 Å². The van der Waals surface area contributed by atoms with Crippen LogP contribution in [-0.2, 0) is 0 Å². The van der Waals surface area contributed by atoms with E-state index in [1.54, 1.807) is 6.21 Å². The maximum Gasteiger partial charge on any atom is 0.184 e.